The third-order valence-electron chi connectivity index (χ3n) is 4.94. The molecule has 1 aliphatic heterocycles. The summed E-state index contributed by atoms with van der Waals surface area (Å²) < 4.78 is 31.2. The van der Waals surface area contributed by atoms with Gasteiger partial charge in [-0.3, -0.25) is 28.8 Å². The summed E-state index contributed by atoms with van der Waals surface area (Å²) in [4.78, 5) is 72.4. The van der Waals surface area contributed by atoms with E-state index in [1.54, 1.807) is 0 Å². The number of hydrogen-bond acceptors (Lipinski definition) is 13. The monoisotopic (exact) mass is 519 g/mol. The summed E-state index contributed by atoms with van der Waals surface area (Å²) in [6.07, 6.45) is -6.96. The predicted octanol–water partition coefficient (Wildman–Crippen LogP) is -0.862. The minimum atomic E-state index is -2.61. The second-order valence-electron chi connectivity index (χ2n) is 7.87. The van der Waals surface area contributed by atoms with E-state index in [4.69, 9.17) is 28.4 Å². The topological polar surface area (TPSA) is 190 Å². The molecule has 1 saturated heterocycles. The molecule has 0 unspecified atom stereocenters. The largest absolute Gasteiger partial charge is 0.465 e. The molecule has 36 heavy (non-hydrogen) atoms. The summed E-state index contributed by atoms with van der Waals surface area (Å²) in [5.74, 6) is -6.94. The zero-order valence-corrected chi connectivity index (χ0v) is 21.1. The number of carbonyl (C=O) groups is 6. The fraction of sp³-hybridized carbons (Fsp3) is 0.727. The van der Waals surface area contributed by atoms with Crippen molar-refractivity contribution in [1.29, 1.82) is 0 Å². The molecule has 0 spiro atoms. The number of aliphatic hydroxyl groups is 1. The fourth-order valence-electron chi connectivity index (χ4n) is 3.68. The van der Waals surface area contributed by atoms with Gasteiger partial charge in [-0.05, 0) is 13.8 Å². The van der Waals surface area contributed by atoms with Gasteiger partial charge in [0.05, 0.1) is 13.2 Å². The average molecular weight is 520 g/mol. The number of rotatable bonds is 11. The lowest BCUT2D eigenvalue weighted by atomic mass is 9.83. The molecule has 204 valence electrons. The molecule has 0 aromatic heterocycles. The number of amides is 1. The van der Waals surface area contributed by atoms with Gasteiger partial charge in [-0.1, -0.05) is 0 Å². The molecular formula is C22H33NO13. The number of nitrogens with one attached hydrogen (secondary N) is 1. The quantitative estimate of drug-likeness (QED) is 0.148. The second-order valence-corrected chi connectivity index (χ2v) is 7.87. The molecule has 0 aromatic rings. The Morgan fingerprint density at radius 3 is 1.81 bits per heavy atom. The van der Waals surface area contributed by atoms with Gasteiger partial charge in [-0.15, -0.1) is 0 Å². The molecule has 1 heterocycles. The van der Waals surface area contributed by atoms with Gasteiger partial charge in [0.15, 0.2) is 18.1 Å². The SMILES string of the molecule is CCOC(=O)C(C[C@H]1O[C@H](COC(C)=O)[C@H](OC(C)=O)[C@H](OC(C)=O)[C@]1(O)NC(C)=O)C(=O)OCC. The average Bonchev–Trinajstić information content (AvgIpc) is 2.74. The van der Waals surface area contributed by atoms with Crippen molar-refractivity contribution in [2.24, 2.45) is 5.92 Å². The Hall–Kier alpha value is -3.26. The van der Waals surface area contributed by atoms with E-state index in [1.165, 1.54) is 13.8 Å². The van der Waals surface area contributed by atoms with Crippen molar-refractivity contribution < 1.29 is 62.3 Å². The minimum Gasteiger partial charge on any atom is -0.465 e. The van der Waals surface area contributed by atoms with E-state index < -0.39 is 84.8 Å². The molecule has 14 heteroatoms. The second kappa shape index (κ2) is 13.7. The van der Waals surface area contributed by atoms with Crippen LogP contribution in [0.5, 0.6) is 0 Å². The van der Waals surface area contributed by atoms with Crippen molar-refractivity contribution in [1.82, 2.24) is 5.32 Å². The first kappa shape index (κ1) is 30.8. The molecule has 1 rings (SSSR count). The van der Waals surface area contributed by atoms with E-state index in [0.29, 0.717) is 0 Å². The van der Waals surface area contributed by atoms with Crippen LogP contribution in [0.4, 0.5) is 0 Å². The summed E-state index contributed by atoms with van der Waals surface area (Å²) in [5, 5.41) is 13.8. The summed E-state index contributed by atoms with van der Waals surface area (Å²) in [6.45, 7) is 6.54. The van der Waals surface area contributed by atoms with Gasteiger partial charge in [0.1, 0.15) is 18.8 Å². The van der Waals surface area contributed by atoms with Gasteiger partial charge >= 0.3 is 29.8 Å². The summed E-state index contributed by atoms with van der Waals surface area (Å²) in [5.41, 5.74) is -2.61. The van der Waals surface area contributed by atoms with Crippen molar-refractivity contribution >= 4 is 35.8 Å². The van der Waals surface area contributed by atoms with Crippen molar-refractivity contribution in [2.75, 3.05) is 19.8 Å². The number of hydrogen-bond donors (Lipinski definition) is 2. The lowest BCUT2D eigenvalue weighted by Crippen LogP contribution is -2.75. The standard InChI is InChI=1S/C22H33NO13/c1-7-31-20(28)15(21(29)32-8-2)9-17-22(30,23-11(3)24)19(35-14(6)27)18(34-13(5)26)16(36-17)10-33-12(4)25/h15-19,30H,7-10H2,1-6H3,(H,23,24)/t16-,17-,18+,19+,22+/m1/s1. The van der Waals surface area contributed by atoms with E-state index in [-0.39, 0.29) is 13.2 Å². The van der Waals surface area contributed by atoms with E-state index in [9.17, 15) is 33.9 Å². The van der Waals surface area contributed by atoms with Crippen LogP contribution in [0.3, 0.4) is 0 Å². The third-order valence-corrected chi connectivity index (χ3v) is 4.94. The molecule has 1 aliphatic rings. The van der Waals surface area contributed by atoms with E-state index >= 15 is 0 Å². The Kier molecular flexibility index (Phi) is 11.7. The van der Waals surface area contributed by atoms with Crippen LogP contribution in [0.15, 0.2) is 0 Å². The lowest BCUT2D eigenvalue weighted by molar-refractivity contribution is -0.293. The molecule has 0 aliphatic carbocycles. The number of ether oxygens (including phenoxy) is 6. The molecule has 0 bridgehead atoms. The fourth-order valence-corrected chi connectivity index (χ4v) is 3.68. The zero-order valence-electron chi connectivity index (χ0n) is 21.1. The summed E-state index contributed by atoms with van der Waals surface area (Å²) in [6, 6.07) is 0. The molecular weight excluding hydrogens is 486 g/mol. The van der Waals surface area contributed by atoms with Crippen LogP contribution in [0.25, 0.3) is 0 Å². The zero-order chi connectivity index (χ0) is 27.6. The molecule has 2 N–H and O–H groups in total. The van der Waals surface area contributed by atoms with Crippen LogP contribution in [-0.4, -0.2) is 90.8 Å². The molecule has 0 aromatic carbocycles. The Bertz CT molecular complexity index is 826. The van der Waals surface area contributed by atoms with Crippen molar-refractivity contribution in [3.8, 4) is 0 Å². The maximum absolute atomic E-state index is 12.6. The smallest absolute Gasteiger partial charge is 0.320 e. The van der Waals surface area contributed by atoms with Crippen LogP contribution in [-0.2, 0) is 57.2 Å². The highest BCUT2D eigenvalue weighted by molar-refractivity contribution is 5.95. The summed E-state index contributed by atoms with van der Waals surface area (Å²) >= 11 is 0. The Morgan fingerprint density at radius 1 is 0.861 bits per heavy atom. The molecule has 14 nitrogen and oxygen atoms in total. The van der Waals surface area contributed by atoms with Crippen LogP contribution in [0, 0.1) is 5.92 Å². The third kappa shape index (κ3) is 8.45. The number of esters is 5. The minimum absolute atomic E-state index is 0.0735. The first-order valence-electron chi connectivity index (χ1n) is 11.2. The van der Waals surface area contributed by atoms with Gasteiger partial charge in [0.2, 0.25) is 11.6 Å². The first-order chi connectivity index (χ1) is 16.8. The highest BCUT2D eigenvalue weighted by Gasteiger charge is 2.61. The van der Waals surface area contributed by atoms with Crippen LogP contribution in [0.2, 0.25) is 0 Å². The Morgan fingerprint density at radius 2 is 1.39 bits per heavy atom. The Labute approximate surface area is 207 Å². The maximum atomic E-state index is 12.6. The normalized spacial score (nSPS) is 25.3. The van der Waals surface area contributed by atoms with Crippen molar-refractivity contribution in [3.63, 3.8) is 0 Å². The predicted molar refractivity (Wildman–Crippen MR) is 117 cm³/mol. The van der Waals surface area contributed by atoms with Crippen LogP contribution < -0.4 is 5.32 Å². The first-order valence-corrected chi connectivity index (χ1v) is 11.2. The van der Waals surface area contributed by atoms with E-state index in [2.05, 4.69) is 5.32 Å². The van der Waals surface area contributed by atoms with E-state index in [1.807, 2.05) is 0 Å². The highest BCUT2D eigenvalue weighted by Crippen LogP contribution is 2.36. The van der Waals surface area contributed by atoms with Crippen molar-refractivity contribution in [3.05, 3.63) is 0 Å². The van der Waals surface area contributed by atoms with Crippen molar-refractivity contribution in [2.45, 2.75) is 78.1 Å². The molecule has 1 fully saturated rings. The van der Waals surface area contributed by atoms with Crippen LogP contribution in [0.1, 0.15) is 48.0 Å². The molecule has 1 amide bonds. The Balaban J connectivity index is 3.63. The molecule has 0 radical (unpaired) electrons. The van der Waals surface area contributed by atoms with Gasteiger partial charge in [0, 0.05) is 34.1 Å². The van der Waals surface area contributed by atoms with E-state index in [0.717, 1.165) is 27.7 Å². The maximum Gasteiger partial charge on any atom is 0.320 e. The van der Waals surface area contributed by atoms with Gasteiger partial charge in [-0.2, -0.15) is 0 Å². The molecule has 5 atom stereocenters. The number of carbonyl (C=O) groups excluding carboxylic acids is 6. The molecule has 0 saturated carbocycles. The van der Waals surface area contributed by atoms with Crippen LogP contribution >= 0.6 is 0 Å². The van der Waals surface area contributed by atoms with Gasteiger partial charge in [0.25, 0.3) is 0 Å². The van der Waals surface area contributed by atoms with Gasteiger partial charge in [-0.25, -0.2) is 0 Å². The van der Waals surface area contributed by atoms with Gasteiger partial charge < -0.3 is 38.8 Å². The highest BCUT2D eigenvalue weighted by atomic mass is 16.6. The lowest BCUT2D eigenvalue weighted by Gasteiger charge is -2.50. The summed E-state index contributed by atoms with van der Waals surface area (Å²) in [7, 11) is 0.